The lowest BCUT2D eigenvalue weighted by atomic mass is 9.96. The SMILES string of the molecule is CC(=O)c1ccccc1-c1cccc(C(=O)NC(C)C)c1. The van der Waals surface area contributed by atoms with Crippen molar-refractivity contribution in [1.29, 1.82) is 0 Å². The Kier molecular flexibility index (Phi) is 4.53. The van der Waals surface area contributed by atoms with Crippen LogP contribution in [0.1, 0.15) is 41.5 Å². The fraction of sp³-hybridized carbons (Fsp3) is 0.222. The number of rotatable bonds is 4. The van der Waals surface area contributed by atoms with Crippen LogP contribution in [0.25, 0.3) is 11.1 Å². The summed E-state index contributed by atoms with van der Waals surface area (Å²) in [4.78, 5) is 23.8. The van der Waals surface area contributed by atoms with Crippen molar-refractivity contribution in [3.63, 3.8) is 0 Å². The predicted molar refractivity (Wildman–Crippen MR) is 84.5 cm³/mol. The summed E-state index contributed by atoms with van der Waals surface area (Å²) in [5.74, 6) is -0.0882. The van der Waals surface area contributed by atoms with Crippen LogP contribution in [0.3, 0.4) is 0 Å². The first-order valence-corrected chi connectivity index (χ1v) is 7.00. The molecule has 0 aliphatic carbocycles. The van der Waals surface area contributed by atoms with Gasteiger partial charge in [-0.25, -0.2) is 0 Å². The van der Waals surface area contributed by atoms with Gasteiger partial charge in [0.15, 0.2) is 5.78 Å². The Hall–Kier alpha value is -2.42. The molecule has 0 saturated carbocycles. The van der Waals surface area contributed by atoms with Crippen LogP contribution in [0, 0.1) is 0 Å². The summed E-state index contributed by atoms with van der Waals surface area (Å²) >= 11 is 0. The molecule has 1 amide bonds. The number of hydrogen-bond donors (Lipinski definition) is 1. The molecule has 0 spiro atoms. The average molecular weight is 281 g/mol. The Morgan fingerprint density at radius 2 is 1.71 bits per heavy atom. The highest BCUT2D eigenvalue weighted by Crippen LogP contribution is 2.25. The van der Waals surface area contributed by atoms with E-state index in [-0.39, 0.29) is 17.7 Å². The summed E-state index contributed by atoms with van der Waals surface area (Å²) in [5.41, 5.74) is 2.99. The van der Waals surface area contributed by atoms with Crippen LogP contribution in [0.4, 0.5) is 0 Å². The zero-order valence-electron chi connectivity index (χ0n) is 12.5. The van der Waals surface area contributed by atoms with E-state index in [9.17, 15) is 9.59 Å². The molecule has 0 unspecified atom stereocenters. The second-order valence-corrected chi connectivity index (χ2v) is 5.31. The molecule has 0 aliphatic heterocycles. The molecule has 0 fully saturated rings. The van der Waals surface area contributed by atoms with Crippen LogP contribution in [0.5, 0.6) is 0 Å². The highest BCUT2D eigenvalue weighted by Gasteiger charge is 2.11. The van der Waals surface area contributed by atoms with Crippen LogP contribution < -0.4 is 5.32 Å². The zero-order valence-corrected chi connectivity index (χ0v) is 12.5. The molecular formula is C18H19NO2. The third-order valence-electron chi connectivity index (χ3n) is 3.16. The van der Waals surface area contributed by atoms with E-state index >= 15 is 0 Å². The molecule has 0 saturated heterocycles. The number of benzene rings is 2. The third-order valence-corrected chi connectivity index (χ3v) is 3.16. The minimum absolute atomic E-state index is 0.0163. The van der Waals surface area contributed by atoms with E-state index < -0.39 is 0 Å². The van der Waals surface area contributed by atoms with Gasteiger partial charge in [0.25, 0.3) is 5.91 Å². The number of carbonyl (C=O) groups excluding carboxylic acids is 2. The first-order valence-electron chi connectivity index (χ1n) is 7.00. The quantitative estimate of drug-likeness (QED) is 0.869. The molecule has 108 valence electrons. The van der Waals surface area contributed by atoms with Gasteiger partial charge in [0.2, 0.25) is 0 Å². The molecule has 3 nitrogen and oxygen atoms in total. The Balaban J connectivity index is 2.43. The number of carbonyl (C=O) groups is 2. The second-order valence-electron chi connectivity index (χ2n) is 5.31. The monoisotopic (exact) mass is 281 g/mol. The summed E-state index contributed by atoms with van der Waals surface area (Å²) in [6, 6.07) is 14.9. The standard InChI is InChI=1S/C18H19NO2/c1-12(2)19-18(21)15-8-6-7-14(11-15)17-10-5-4-9-16(17)13(3)20/h4-12H,1-3H3,(H,19,21). The van der Waals surface area contributed by atoms with Gasteiger partial charge in [0, 0.05) is 17.2 Å². The molecular weight excluding hydrogens is 262 g/mol. The summed E-state index contributed by atoms with van der Waals surface area (Å²) in [6.45, 7) is 5.40. The van der Waals surface area contributed by atoms with Gasteiger partial charge in [0.05, 0.1) is 0 Å². The maximum Gasteiger partial charge on any atom is 0.251 e. The summed E-state index contributed by atoms with van der Waals surface area (Å²) in [5, 5.41) is 2.87. The molecule has 2 rings (SSSR count). The summed E-state index contributed by atoms with van der Waals surface area (Å²) in [7, 11) is 0. The Labute approximate surface area is 125 Å². The Morgan fingerprint density at radius 3 is 2.38 bits per heavy atom. The van der Waals surface area contributed by atoms with Crippen molar-refractivity contribution in [3.05, 3.63) is 59.7 Å². The fourth-order valence-electron chi connectivity index (χ4n) is 2.22. The maximum absolute atomic E-state index is 12.1. The van der Waals surface area contributed by atoms with E-state index in [0.29, 0.717) is 11.1 Å². The van der Waals surface area contributed by atoms with Crippen molar-refractivity contribution in [3.8, 4) is 11.1 Å². The maximum atomic E-state index is 12.1. The van der Waals surface area contributed by atoms with Crippen LogP contribution in [-0.4, -0.2) is 17.7 Å². The van der Waals surface area contributed by atoms with Crippen LogP contribution in [0.2, 0.25) is 0 Å². The van der Waals surface area contributed by atoms with Gasteiger partial charge in [-0.1, -0.05) is 36.4 Å². The Morgan fingerprint density at radius 1 is 1.00 bits per heavy atom. The number of amides is 1. The van der Waals surface area contributed by atoms with Crippen molar-refractivity contribution >= 4 is 11.7 Å². The minimum atomic E-state index is -0.104. The van der Waals surface area contributed by atoms with Gasteiger partial charge in [0.1, 0.15) is 0 Å². The fourth-order valence-corrected chi connectivity index (χ4v) is 2.22. The van der Waals surface area contributed by atoms with Crippen LogP contribution in [-0.2, 0) is 0 Å². The molecule has 0 heterocycles. The third kappa shape index (κ3) is 3.57. The van der Waals surface area contributed by atoms with Crippen molar-refractivity contribution in [1.82, 2.24) is 5.32 Å². The number of hydrogen-bond acceptors (Lipinski definition) is 2. The predicted octanol–water partition coefficient (Wildman–Crippen LogP) is 3.69. The lowest BCUT2D eigenvalue weighted by molar-refractivity contribution is 0.0942. The van der Waals surface area contributed by atoms with E-state index in [2.05, 4.69) is 5.32 Å². The van der Waals surface area contributed by atoms with Gasteiger partial charge < -0.3 is 5.32 Å². The minimum Gasteiger partial charge on any atom is -0.350 e. The van der Waals surface area contributed by atoms with E-state index in [4.69, 9.17) is 0 Å². The lowest BCUT2D eigenvalue weighted by Crippen LogP contribution is -2.30. The van der Waals surface area contributed by atoms with Crippen molar-refractivity contribution in [2.24, 2.45) is 0 Å². The van der Waals surface area contributed by atoms with Gasteiger partial charge >= 0.3 is 0 Å². The van der Waals surface area contributed by atoms with Crippen LogP contribution >= 0.6 is 0 Å². The molecule has 21 heavy (non-hydrogen) atoms. The molecule has 3 heteroatoms. The van der Waals surface area contributed by atoms with Gasteiger partial charge in [-0.15, -0.1) is 0 Å². The normalized spacial score (nSPS) is 10.5. The number of ketones is 1. The van der Waals surface area contributed by atoms with E-state index in [0.717, 1.165) is 11.1 Å². The van der Waals surface area contributed by atoms with Crippen molar-refractivity contribution in [2.75, 3.05) is 0 Å². The van der Waals surface area contributed by atoms with E-state index in [1.54, 1.807) is 19.1 Å². The van der Waals surface area contributed by atoms with E-state index in [1.165, 1.54) is 0 Å². The average Bonchev–Trinajstić information content (AvgIpc) is 2.46. The largest absolute Gasteiger partial charge is 0.350 e. The summed E-state index contributed by atoms with van der Waals surface area (Å²) in [6.07, 6.45) is 0. The molecule has 0 radical (unpaired) electrons. The van der Waals surface area contributed by atoms with Gasteiger partial charge in [-0.05, 0) is 44.0 Å². The van der Waals surface area contributed by atoms with Gasteiger partial charge in [-0.2, -0.15) is 0 Å². The zero-order chi connectivity index (χ0) is 15.4. The second kappa shape index (κ2) is 6.35. The number of Topliss-reactive ketones (excluding diaryl/α,β-unsaturated/α-hetero) is 1. The highest BCUT2D eigenvalue weighted by molar-refractivity contribution is 6.02. The van der Waals surface area contributed by atoms with Gasteiger partial charge in [-0.3, -0.25) is 9.59 Å². The summed E-state index contributed by atoms with van der Waals surface area (Å²) < 4.78 is 0. The van der Waals surface area contributed by atoms with Crippen molar-refractivity contribution < 1.29 is 9.59 Å². The Bertz CT molecular complexity index is 674. The molecule has 0 bridgehead atoms. The molecule has 1 N–H and O–H groups in total. The molecule has 2 aromatic carbocycles. The molecule has 0 aliphatic rings. The topological polar surface area (TPSA) is 46.2 Å². The smallest absolute Gasteiger partial charge is 0.251 e. The number of nitrogens with one attached hydrogen (secondary N) is 1. The van der Waals surface area contributed by atoms with Crippen LogP contribution in [0.15, 0.2) is 48.5 Å². The lowest BCUT2D eigenvalue weighted by Gasteiger charge is -2.11. The first kappa shape index (κ1) is 15.0. The molecule has 2 aromatic rings. The first-order chi connectivity index (χ1) is 9.99. The van der Waals surface area contributed by atoms with E-state index in [1.807, 2.05) is 50.2 Å². The molecule has 0 aromatic heterocycles. The highest BCUT2D eigenvalue weighted by atomic mass is 16.1. The molecule has 0 atom stereocenters. The van der Waals surface area contributed by atoms with Crippen molar-refractivity contribution in [2.45, 2.75) is 26.8 Å².